The SMILES string of the molecule is CCN(CC)CC(C)NC(=O)c1ccc(-c2noc(C(F)(F)F)n2)nc1. The number of carbonyl (C=O) groups is 1. The number of aromatic nitrogens is 3. The lowest BCUT2D eigenvalue weighted by atomic mass is 10.2. The highest BCUT2D eigenvalue weighted by molar-refractivity contribution is 5.94. The second-order valence-corrected chi connectivity index (χ2v) is 5.71. The Morgan fingerprint density at radius 1 is 1.31 bits per heavy atom. The molecule has 7 nitrogen and oxygen atoms in total. The van der Waals surface area contributed by atoms with Crippen LogP contribution >= 0.6 is 0 Å². The normalized spacial score (nSPS) is 13.0. The minimum absolute atomic E-state index is 0.0615. The second-order valence-electron chi connectivity index (χ2n) is 5.71. The lowest BCUT2D eigenvalue weighted by Gasteiger charge is -2.23. The van der Waals surface area contributed by atoms with E-state index in [1.54, 1.807) is 0 Å². The van der Waals surface area contributed by atoms with E-state index in [-0.39, 0.29) is 23.5 Å². The van der Waals surface area contributed by atoms with Crippen LogP contribution in [0.15, 0.2) is 22.9 Å². The number of likely N-dealkylation sites (N-methyl/N-ethyl adjacent to an activating group) is 1. The topological polar surface area (TPSA) is 84.2 Å². The minimum Gasteiger partial charge on any atom is -0.348 e. The summed E-state index contributed by atoms with van der Waals surface area (Å²) in [6.07, 6.45) is -3.45. The average Bonchev–Trinajstić information content (AvgIpc) is 3.10. The van der Waals surface area contributed by atoms with Crippen LogP contribution in [0.1, 0.15) is 37.0 Å². The maximum absolute atomic E-state index is 12.5. The minimum atomic E-state index is -4.72. The highest BCUT2D eigenvalue weighted by Crippen LogP contribution is 2.28. The first kappa shape index (κ1) is 19.8. The smallest absolute Gasteiger partial charge is 0.348 e. The summed E-state index contributed by atoms with van der Waals surface area (Å²) in [4.78, 5) is 21.6. The highest BCUT2D eigenvalue weighted by Gasteiger charge is 2.38. The van der Waals surface area contributed by atoms with E-state index in [1.807, 2.05) is 20.8 Å². The summed E-state index contributed by atoms with van der Waals surface area (Å²) in [6.45, 7) is 8.48. The molecule has 2 aromatic rings. The van der Waals surface area contributed by atoms with Crippen LogP contribution in [0.25, 0.3) is 11.5 Å². The van der Waals surface area contributed by atoms with Crippen molar-refractivity contribution in [3.05, 3.63) is 29.8 Å². The largest absolute Gasteiger partial charge is 0.471 e. The van der Waals surface area contributed by atoms with Gasteiger partial charge in [0.05, 0.1) is 5.56 Å². The average molecular weight is 371 g/mol. The van der Waals surface area contributed by atoms with Crippen molar-refractivity contribution in [1.29, 1.82) is 0 Å². The first-order chi connectivity index (χ1) is 12.2. The first-order valence-corrected chi connectivity index (χ1v) is 8.15. The van der Waals surface area contributed by atoms with Crippen molar-refractivity contribution in [3.8, 4) is 11.5 Å². The molecule has 10 heteroatoms. The molecular formula is C16H20F3N5O2. The van der Waals surface area contributed by atoms with E-state index < -0.39 is 12.1 Å². The van der Waals surface area contributed by atoms with Crippen molar-refractivity contribution in [2.75, 3.05) is 19.6 Å². The Labute approximate surface area is 148 Å². The molecule has 0 aliphatic heterocycles. The predicted molar refractivity (Wildman–Crippen MR) is 87.2 cm³/mol. The van der Waals surface area contributed by atoms with Crippen molar-refractivity contribution in [1.82, 2.24) is 25.3 Å². The molecule has 142 valence electrons. The molecule has 2 rings (SSSR count). The number of hydrogen-bond acceptors (Lipinski definition) is 6. The van der Waals surface area contributed by atoms with E-state index in [0.717, 1.165) is 13.1 Å². The molecule has 0 saturated carbocycles. The van der Waals surface area contributed by atoms with E-state index >= 15 is 0 Å². The molecule has 2 heterocycles. The Morgan fingerprint density at radius 2 is 2.00 bits per heavy atom. The van der Waals surface area contributed by atoms with Crippen LogP contribution in [-0.2, 0) is 6.18 Å². The number of nitrogens with zero attached hydrogens (tertiary/aromatic N) is 4. The van der Waals surface area contributed by atoms with Crippen LogP contribution in [0.3, 0.4) is 0 Å². The predicted octanol–water partition coefficient (Wildman–Crippen LogP) is 2.61. The van der Waals surface area contributed by atoms with E-state index in [0.29, 0.717) is 12.1 Å². The molecule has 0 radical (unpaired) electrons. The van der Waals surface area contributed by atoms with Gasteiger partial charge in [-0.05, 0) is 32.1 Å². The summed E-state index contributed by atoms with van der Waals surface area (Å²) >= 11 is 0. The van der Waals surface area contributed by atoms with Gasteiger partial charge in [0.1, 0.15) is 5.69 Å². The third-order valence-corrected chi connectivity index (χ3v) is 3.73. The van der Waals surface area contributed by atoms with Crippen molar-refractivity contribution in [2.45, 2.75) is 33.0 Å². The zero-order valence-corrected chi connectivity index (χ0v) is 14.7. The van der Waals surface area contributed by atoms with E-state index in [9.17, 15) is 18.0 Å². The molecule has 0 aromatic carbocycles. The maximum atomic E-state index is 12.5. The van der Waals surface area contributed by atoms with Crippen molar-refractivity contribution < 1.29 is 22.5 Å². The van der Waals surface area contributed by atoms with Gasteiger partial charge < -0.3 is 14.7 Å². The molecule has 0 aliphatic rings. The molecule has 1 N–H and O–H groups in total. The molecule has 1 atom stereocenters. The molecule has 0 saturated heterocycles. The number of nitrogens with one attached hydrogen (secondary N) is 1. The standard InChI is InChI=1S/C16H20F3N5O2/c1-4-24(5-2)9-10(3)21-14(25)11-6-7-12(20-8-11)13-22-15(26-23-13)16(17,18)19/h6-8,10H,4-5,9H2,1-3H3,(H,21,25). The number of hydrogen-bond donors (Lipinski definition) is 1. The maximum Gasteiger partial charge on any atom is 0.471 e. The molecule has 0 bridgehead atoms. The van der Waals surface area contributed by atoms with Gasteiger partial charge in [-0.1, -0.05) is 19.0 Å². The van der Waals surface area contributed by atoms with Gasteiger partial charge in [-0.25, -0.2) is 0 Å². The van der Waals surface area contributed by atoms with Gasteiger partial charge in [0.15, 0.2) is 0 Å². The quantitative estimate of drug-likeness (QED) is 0.805. The third-order valence-electron chi connectivity index (χ3n) is 3.73. The van der Waals surface area contributed by atoms with Gasteiger partial charge in [-0.15, -0.1) is 0 Å². The van der Waals surface area contributed by atoms with Crippen LogP contribution in [0.4, 0.5) is 13.2 Å². The lowest BCUT2D eigenvalue weighted by Crippen LogP contribution is -2.41. The van der Waals surface area contributed by atoms with Gasteiger partial charge in [-0.2, -0.15) is 18.2 Å². The summed E-state index contributed by atoms with van der Waals surface area (Å²) in [5, 5.41) is 6.11. The molecule has 2 aromatic heterocycles. The molecule has 1 amide bonds. The summed E-state index contributed by atoms with van der Waals surface area (Å²) in [6, 6.07) is 2.76. The van der Waals surface area contributed by atoms with E-state index in [1.165, 1.54) is 18.3 Å². The molecule has 1 unspecified atom stereocenters. The summed E-state index contributed by atoms with van der Waals surface area (Å²) in [7, 11) is 0. The van der Waals surface area contributed by atoms with Crippen molar-refractivity contribution >= 4 is 5.91 Å². The molecular weight excluding hydrogens is 351 g/mol. The molecule has 0 aliphatic carbocycles. The Morgan fingerprint density at radius 3 is 2.50 bits per heavy atom. The fourth-order valence-electron chi connectivity index (χ4n) is 2.32. The summed E-state index contributed by atoms with van der Waals surface area (Å²) in [5.41, 5.74) is 0.372. The number of halogens is 3. The van der Waals surface area contributed by atoms with Crippen molar-refractivity contribution in [3.63, 3.8) is 0 Å². The van der Waals surface area contributed by atoms with Crippen LogP contribution in [0.5, 0.6) is 0 Å². The zero-order valence-electron chi connectivity index (χ0n) is 14.7. The number of amides is 1. The Kier molecular flexibility index (Phi) is 6.30. The van der Waals surface area contributed by atoms with Gasteiger partial charge in [0.25, 0.3) is 5.91 Å². The van der Waals surface area contributed by atoms with Gasteiger partial charge in [0, 0.05) is 18.8 Å². The monoisotopic (exact) mass is 371 g/mol. The van der Waals surface area contributed by atoms with Crippen LogP contribution in [0, 0.1) is 0 Å². The number of rotatable bonds is 7. The molecule has 0 fully saturated rings. The fourth-order valence-corrected chi connectivity index (χ4v) is 2.32. The first-order valence-electron chi connectivity index (χ1n) is 8.15. The van der Waals surface area contributed by atoms with Crippen LogP contribution in [0.2, 0.25) is 0 Å². The summed E-state index contributed by atoms with van der Waals surface area (Å²) in [5.74, 6) is -2.05. The second kappa shape index (κ2) is 8.26. The summed E-state index contributed by atoms with van der Waals surface area (Å²) < 4.78 is 41.6. The Balaban J connectivity index is 2.02. The highest BCUT2D eigenvalue weighted by atomic mass is 19.4. The van der Waals surface area contributed by atoms with Crippen LogP contribution in [-0.4, -0.2) is 51.6 Å². The Hall–Kier alpha value is -2.49. The number of alkyl halides is 3. The molecule has 0 spiro atoms. The lowest BCUT2D eigenvalue weighted by molar-refractivity contribution is -0.159. The van der Waals surface area contributed by atoms with Gasteiger partial charge >= 0.3 is 12.1 Å². The zero-order chi connectivity index (χ0) is 19.3. The third kappa shape index (κ3) is 5.01. The van der Waals surface area contributed by atoms with Crippen LogP contribution < -0.4 is 5.32 Å². The molecule has 26 heavy (non-hydrogen) atoms. The Bertz CT molecular complexity index is 726. The number of pyridine rings is 1. The van der Waals surface area contributed by atoms with E-state index in [2.05, 4.69) is 29.9 Å². The number of carbonyl (C=O) groups excluding carboxylic acids is 1. The van der Waals surface area contributed by atoms with Gasteiger partial charge in [0.2, 0.25) is 5.82 Å². The fraction of sp³-hybridized carbons (Fsp3) is 0.500. The van der Waals surface area contributed by atoms with Crippen molar-refractivity contribution in [2.24, 2.45) is 0 Å². The van der Waals surface area contributed by atoms with Gasteiger partial charge in [-0.3, -0.25) is 9.78 Å². The van der Waals surface area contributed by atoms with E-state index in [4.69, 9.17) is 0 Å².